The molecule has 0 bridgehead atoms. The molecule has 1 aromatic carbocycles. The Morgan fingerprint density at radius 2 is 2.00 bits per heavy atom. The molecule has 6 nitrogen and oxygen atoms in total. The van der Waals surface area contributed by atoms with Crippen LogP contribution < -0.4 is 4.74 Å². The topological polar surface area (TPSA) is 60.2 Å². The Morgan fingerprint density at radius 1 is 1.26 bits per heavy atom. The second-order valence-electron chi connectivity index (χ2n) is 7.90. The van der Waals surface area contributed by atoms with E-state index in [-0.39, 0.29) is 11.3 Å². The number of rotatable bonds is 5. The van der Waals surface area contributed by atoms with E-state index in [1.807, 2.05) is 30.6 Å². The van der Waals surface area contributed by atoms with Gasteiger partial charge in [0.05, 0.1) is 13.5 Å². The fraction of sp³-hybridized carbons (Fsp3) is 0.571. The van der Waals surface area contributed by atoms with E-state index in [9.17, 15) is 4.79 Å². The van der Waals surface area contributed by atoms with Crippen LogP contribution in [0.25, 0.3) is 0 Å². The van der Waals surface area contributed by atoms with Crippen molar-refractivity contribution in [3.63, 3.8) is 0 Å². The standard InChI is InChI=1S/C21H28N4O2/c1-3-24-15-22-23-20(24)18-13-25(14-21(18)10-4-5-11-21)19(26)12-16-6-8-17(27-2)9-7-16/h6-9,15,18H,3-5,10-14H2,1-2H3. The summed E-state index contributed by atoms with van der Waals surface area (Å²) in [6.07, 6.45) is 7.11. The molecule has 2 fully saturated rings. The molecule has 1 aliphatic heterocycles. The van der Waals surface area contributed by atoms with Crippen molar-refractivity contribution < 1.29 is 9.53 Å². The first-order valence-corrected chi connectivity index (χ1v) is 9.93. The quantitative estimate of drug-likeness (QED) is 0.814. The number of amides is 1. The van der Waals surface area contributed by atoms with Crippen molar-refractivity contribution in [2.45, 2.75) is 51.5 Å². The average Bonchev–Trinajstić information content (AvgIpc) is 3.42. The van der Waals surface area contributed by atoms with Crippen LogP contribution in [-0.2, 0) is 17.8 Å². The fourth-order valence-electron chi connectivity index (χ4n) is 4.91. The minimum absolute atomic E-state index is 0.176. The summed E-state index contributed by atoms with van der Waals surface area (Å²) >= 11 is 0. The van der Waals surface area contributed by atoms with Gasteiger partial charge in [-0.05, 0) is 42.9 Å². The van der Waals surface area contributed by atoms with Crippen molar-refractivity contribution in [1.82, 2.24) is 19.7 Å². The summed E-state index contributed by atoms with van der Waals surface area (Å²) in [6.45, 7) is 4.60. The zero-order chi connectivity index (χ0) is 18.9. The molecular formula is C21H28N4O2. The number of hydrogen-bond donors (Lipinski definition) is 0. The molecule has 6 heteroatoms. The molecule has 144 valence electrons. The molecule has 2 heterocycles. The number of benzene rings is 1. The first kappa shape index (κ1) is 18.0. The predicted octanol–water partition coefficient (Wildman–Crippen LogP) is 3.04. The van der Waals surface area contributed by atoms with Crippen LogP contribution in [0.1, 0.15) is 49.9 Å². The molecular weight excluding hydrogens is 340 g/mol. The summed E-state index contributed by atoms with van der Waals surface area (Å²) in [5.74, 6) is 2.37. The monoisotopic (exact) mass is 368 g/mol. The molecule has 0 N–H and O–H groups in total. The van der Waals surface area contributed by atoms with E-state index < -0.39 is 0 Å². The summed E-state index contributed by atoms with van der Waals surface area (Å²) in [5.41, 5.74) is 1.21. The molecule has 1 saturated heterocycles. The molecule has 1 aliphatic carbocycles. The molecule has 1 saturated carbocycles. The number of hydrogen-bond acceptors (Lipinski definition) is 4. The zero-order valence-corrected chi connectivity index (χ0v) is 16.2. The van der Waals surface area contributed by atoms with Crippen LogP contribution in [0.15, 0.2) is 30.6 Å². The van der Waals surface area contributed by atoms with Crippen molar-refractivity contribution in [3.05, 3.63) is 42.0 Å². The van der Waals surface area contributed by atoms with Gasteiger partial charge in [-0.3, -0.25) is 4.79 Å². The van der Waals surface area contributed by atoms with Gasteiger partial charge in [-0.15, -0.1) is 10.2 Å². The smallest absolute Gasteiger partial charge is 0.227 e. The largest absolute Gasteiger partial charge is 0.497 e. The minimum atomic E-state index is 0.176. The number of ether oxygens (including phenoxy) is 1. The third-order valence-electron chi connectivity index (χ3n) is 6.41. The fourth-order valence-corrected chi connectivity index (χ4v) is 4.91. The Labute approximate surface area is 160 Å². The molecule has 27 heavy (non-hydrogen) atoms. The number of likely N-dealkylation sites (tertiary alicyclic amines) is 1. The highest BCUT2D eigenvalue weighted by Gasteiger charge is 2.51. The number of carbonyl (C=O) groups is 1. The van der Waals surface area contributed by atoms with E-state index in [2.05, 4.69) is 26.6 Å². The van der Waals surface area contributed by atoms with Crippen LogP contribution in [0.4, 0.5) is 0 Å². The van der Waals surface area contributed by atoms with Crippen molar-refractivity contribution in [2.24, 2.45) is 5.41 Å². The molecule has 2 aromatic rings. The summed E-state index contributed by atoms with van der Waals surface area (Å²) in [4.78, 5) is 15.1. The third kappa shape index (κ3) is 3.33. The van der Waals surface area contributed by atoms with Crippen LogP contribution in [-0.4, -0.2) is 45.8 Å². The van der Waals surface area contributed by atoms with Gasteiger partial charge in [0.2, 0.25) is 5.91 Å². The van der Waals surface area contributed by atoms with Gasteiger partial charge in [0, 0.05) is 25.6 Å². The van der Waals surface area contributed by atoms with Crippen LogP contribution in [0.3, 0.4) is 0 Å². The molecule has 2 aliphatic rings. The number of carbonyl (C=O) groups excluding carboxylic acids is 1. The summed E-state index contributed by atoms with van der Waals surface area (Å²) in [5, 5.41) is 8.59. The van der Waals surface area contributed by atoms with E-state index in [0.717, 1.165) is 36.8 Å². The highest BCUT2D eigenvalue weighted by molar-refractivity contribution is 5.79. The zero-order valence-electron chi connectivity index (χ0n) is 16.2. The maximum absolute atomic E-state index is 13.0. The Bertz CT molecular complexity index is 793. The Kier molecular flexibility index (Phi) is 4.89. The first-order valence-electron chi connectivity index (χ1n) is 9.93. The summed E-state index contributed by atoms with van der Waals surface area (Å²) < 4.78 is 7.35. The van der Waals surface area contributed by atoms with Gasteiger partial charge in [0.15, 0.2) is 0 Å². The van der Waals surface area contributed by atoms with E-state index in [1.165, 1.54) is 25.7 Å². The normalized spacial score (nSPS) is 21.1. The average molecular weight is 368 g/mol. The van der Waals surface area contributed by atoms with Crippen LogP contribution in [0, 0.1) is 5.41 Å². The predicted molar refractivity (Wildman–Crippen MR) is 103 cm³/mol. The highest BCUT2D eigenvalue weighted by Crippen LogP contribution is 2.53. The Balaban J connectivity index is 1.53. The van der Waals surface area contributed by atoms with Crippen molar-refractivity contribution in [1.29, 1.82) is 0 Å². The van der Waals surface area contributed by atoms with Crippen molar-refractivity contribution in [2.75, 3.05) is 20.2 Å². The van der Waals surface area contributed by atoms with Gasteiger partial charge < -0.3 is 14.2 Å². The van der Waals surface area contributed by atoms with Crippen molar-refractivity contribution in [3.8, 4) is 5.75 Å². The number of aryl methyl sites for hydroxylation is 1. The second kappa shape index (κ2) is 7.33. The highest BCUT2D eigenvalue weighted by atomic mass is 16.5. The molecule has 1 amide bonds. The van der Waals surface area contributed by atoms with E-state index >= 15 is 0 Å². The summed E-state index contributed by atoms with van der Waals surface area (Å²) in [7, 11) is 1.65. The summed E-state index contributed by atoms with van der Waals surface area (Å²) in [6, 6.07) is 7.78. The lowest BCUT2D eigenvalue weighted by Crippen LogP contribution is -2.32. The second-order valence-corrected chi connectivity index (χ2v) is 7.90. The lowest BCUT2D eigenvalue weighted by Gasteiger charge is -2.29. The molecule has 1 aromatic heterocycles. The molecule has 1 atom stereocenters. The number of aromatic nitrogens is 3. The van der Waals surface area contributed by atoms with E-state index in [4.69, 9.17) is 4.74 Å². The Hall–Kier alpha value is -2.37. The van der Waals surface area contributed by atoms with Gasteiger partial charge in [0.25, 0.3) is 0 Å². The van der Waals surface area contributed by atoms with Gasteiger partial charge >= 0.3 is 0 Å². The lowest BCUT2D eigenvalue weighted by molar-refractivity contribution is -0.129. The van der Waals surface area contributed by atoms with Gasteiger partial charge in [-0.1, -0.05) is 25.0 Å². The first-order chi connectivity index (χ1) is 13.1. The van der Waals surface area contributed by atoms with Crippen LogP contribution >= 0.6 is 0 Å². The van der Waals surface area contributed by atoms with Gasteiger partial charge in [0.1, 0.15) is 17.9 Å². The molecule has 4 rings (SSSR count). The van der Waals surface area contributed by atoms with Gasteiger partial charge in [-0.2, -0.15) is 0 Å². The lowest BCUT2D eigenvalue weighted by atomic mass is 9.76. The van der Waals surface area contributed by atoms with Gasteiger partial charge in [-0.25, -0.2) is 0 Å². The van der Waals surface area contributed by atoms with E-state index in [0.29, 0.717) is 12.3 Å². The van der Waals surface area contributed by atoms with Crippen LogP contribution in [0.5, 0.6) is 5.75 Å². The SMILES string of the molecule is CCn1cnnc1C1CN(C(=O)Cc2ccc(OC)cc2)CC12CCCC2. The number of methoxy groups -OCH3 is 1. The number of nitrogens with zero attached hydrogens (tertiary/aromatic N) is 4. The van der Waals surface area contributed by atoms with Crippen LogP contribution in [0.2, 0.25) is 0 Å². The van der Waals surface area contributed by atoms with Crippen molar-refractivity contribution >= 4 is 5.91 Å². The van der Waals surface area contributed by atoms with E-state index in [1.54, 1.807) is 7.11 Å². The maximum atomic E-state index is 13.0. The maximum Gasteiger partial charge on any atom is 0.227 e. The third-order valence-corrected chi connectivity index (χ3v) is 6.41. The Morgan fingerprint density at radius 3 is 2.67 bits per heavy atom. The molecule has 1 unspecified atom stereocenters. The molecule has 1 spiro atoms. The molecule has 0 radical (unpaired) electrons. The minimum Gasteiger partial charge on any atom is -0.497 e.